The Bertz CT molecular complexity index is 795. The van der Waals surface area contributed by atoms with Gasteiger partial charge in [-0.3, -0.25) is 10.1 Å². The van der Waals surface area contributed by atoms with Gasteiger partial charge < -0.3 is 15.0 Å². The van der Waals surface area contributed by atoms with Crippen LogP contribution in [0.1, 0.15) is 43.7 Å². The molecule has 4 rings (SSSR count). The average molecular weight is 371 g/mol. The van der Waals surface area contributed by atoms with E-state index < -0.39 is 5.54 Å². The Morgan fingerprint density at radius 2 is 2.04 bits per heavy atom. The molecular formula is C21H29N3O3. The molecule has 27 heavy (non-hydrogen) atoms. The van der Waals surface area contributed by atoms with Gasteiger partial charge in [0.1, 0.15) is 11.3 Å². The van der Waals surface area contributed by atoms with Crippen LogP contribution >= 0.6 is 0 Å². The average Bonchev–Trinajstić information content (AvgIpc) is 2.91. The second-order valence-corrected chi connectivity index (χ2v) is 8.62. The first-order chi connectivity index (χ1) is 12.8. The zero-order chi connectivity index (χ0) is 19.4. The van der Waals surface area contributed by atoms with Crippen LogP contribution < -0.4 is 15.4 Å². The van der Waals surface area contributed by atoms with Gasteiger partial charge in [0.25, 0.3) is 5.91 Å². The number of nitrogens with one attached hydrogen (secondary N) is 2. The third kappa shape index (κ3) is 2.64. The van der Waals surface area contributed by atoms with Crippen molar-refractivity contribution in [1.29, 1.82) is 0 Å². The zero-order valence-electron chi connectivity index (χ0n) is 16.6. The third-order valence-electron chi connectivity index (χ3n) is 7.39. The molecule has 1 saturated carbocycles. The molecule has 1 aromatic rings. The number of aryl methyl sites for hydroxylation is 1. The minimum absolute atomic E-state index is 0.155. The lowest BCUT2D eigenvalue weighted by Crippen LogP contribution is -2.63. The summed E-state index contributed by atoms with van der Waals surface area (Å²) in [6.45, 7) is 5.40. The van der Waals surface area contributed by atoms with E-state index in [9.17, 15) is 9.59 Å². The quantitative estimate of drug-likeness (QED) is 0.783. The van der Waals surface area contributed by atoms with Gasteiger partial charge in [0.2, 0.25) is 0 Å². The van der Waals surface area contributed by atoms with Crippen LogP contribution in [0.3, 0.4) is 0 Å². The topological polar surface area (TPSA) is 70.7 Å². The van der Waals surface area contributed by atoms with E-state index in [2.05, 4.69) is 48.6 Å². The minimum Gasteiger partial charge on any atom is -0.497 e. The number of nitrogens with zero attached hydrogens (tertiary/aromatic N) is 1. The van der Waals surface area contributed by atoms with Crippen molar-refractivity contribution in [3.8, 4) is 5.75 Å². The van der Waals surface area contributed by atoms with Gasteiger partial charge in [-0.05, 0) is 82.3 Å². The number of carbonyl (C=O) groups is 2. The lowest BCUT2D eigenvalue weighted by atomic mass is 9.52. The van der Waals surface area contributed by atoms with E-state index in [-0.39, 0.29) is 17.4 Å². The number of methoxy groups -OCH3 is 1. The SMILES string of the molecule is COc1ccc(C)c([C@]23CCN(C)[C@H](C)[C@@H]2CC[C@@]2(C3)NC(=O)NC2=O)c1. The maximum Gasteiger partial charge on any atom is 0.322 e. The molecule has 4 atom stereocenters. The van der Waals surface area contributed by atoms with Gasteiger partial charge >= 0.3 is 6.03 Å². The van der Waals surface area contributed by atoms with Gasteiger partial charge in [0.15, 0.2) is 0 Å². The van der Waals surface area contributed by atoms with Crippen LogP contribution in [0, 0.1) is 12.8 Å². The molecule has 0 bridgehead atoms. The van der Waals surface area contributed by atoms with Crippen molar-refractivity contribution in [2.75, 3.05) is 20.7 Å². The van der Waals surface area contributed by atoms with Crippen molar-refractivity contribution in [1.82, 2.24) is 15.5 Å². The van der Waals surface area contributed by atoms with E-state index in [1.54, 1.807) is 7.11 Å². The molecular weight excluding hydrogens is 342 g/mol. The Morgan fingerprint density at radius 3 is 2.70 bits per heavy atom. The summed E-state index contributed by atoms with van der Waals surface area (Å²) in [7, 11) is 3.87. The minimum atomic E-state index is -0.793. The molecule has 146 valence electrons. The molecule has 1 aliphatic carbocycles. The molecule has 2 aliphatic heterocycles. The molecule has 2 saturated heterocycles. The van der Waals surface area contributed by atoms with E-state index in [0.717, 1.165) is 25.1 Å². The summed E-state index contributed by atoms with van der Waals surface area (Å²) in [5.41, 5.74) is 1.54. The van der Waals surface area contributed by atoms with Crippen LogP contribution in [0.15, 0.2) is 18.2 Å². The maximum atomic E-state index is 12.7. The zero-order valence-corrected chi connectivity index (χ0v) is 16.6. The first kappa shape index (κ1) is 18.3. The molecule has 6 nitrogen and oxygen atoms in total. The van der Waals surface area contributed by atoms with Crippen molar-refractivity contribution >= 4 is 11.9 Å². The van der Waals surface area contributed by atoms with Crippen LogP contribution in [0.2, 0.25) is 0 Å². The number of rotatable bonds is 2. The fourth-order valence-electron chi connectivity index (χ4n) is 5.82. The van der Waals surface area contributed by atoms with Gasteiger partial charge in [-0.2, -0.15) is 0 Å². The summed E-state index contributed by atoms with van der Waals surface area (Å²) >= 11 is 0. The second kappa shape index (κ2) is 6.23. The van der Waals surface area contributed by atoms with Crippen molar-refractivity contribution in [3.63, 3.8) is 0 Å². The third-order valence-corrected chi connectivity index (χ3v) is 7.39. The standard InChI is InChI=1S/C21H29N3O3/c1-13-5-6-15(27-4)11-17(13)20-9-10-24(3)14(2)16(20)7-8-21(12-20)18(25)22-19(26)23-21/h5-6,11,14,16H,7-10,12H2,1-4H3,(H2,22,23,25,26)/t14-,16+,20+,21+/m1/s1. The Balaban J connectivity index is 1.85. The Kier molecular flexibility index (Phi) is 4.22. The number of urea groups is 1. The van der Waals surface area contributed by atoms with Crippen LogP contribution in [0.4, 0.5) is 4.79 Å². The van der Waals surface area contributed by atoms with Crippen LogP contribution in [0.25, 0.3) is 0 Å². The summed E-state index contributed by atoms with van der Waals surface area (Å²) in [5.74, 6) is 1.10. The smallest absolute Gasteiger partial charge is 0.322 e. The van der Waals surface area contributed by atoms with E-state index in [0.29, 0.717) is 24.8 Å². The monoisotopic (exact) mass is 371 g/mol. The van der Waals surface area contributed by atoms with Gasteiger partial charge in [-0.1, -0.05) is 6.07 Å². The molecule has 3 amide bonds. The number of hydrogen-bond donors (Lipinski definition) is 2. The van der Waals surface area contributed by atoms with Crippen molar-refractivity contribution < 1.29 is 14.3 Å². The lowest BCUT2D eigenvalue weighted by Gasteiger charge is -2.57. The van der Waals surface area contributed by atoms with E-state index in [1.165, 1.54) is 11.1 Å². The molecule has 1 spiro atoms. The number of carbonyl (C=O) groups excluding carboxylic acids is 2. The summed E-state index contributed by atoms with van der Waals surface area (Å²) in [6.07, 6.45) is 3.22. The summed E-state index contributed by atoms with van der Waals surface area (Å²) in [6, 6.07) is 6.30. The van der Waals surface area contributed by atoms with E-state index in [4.69, 9.17) is 4.74 Å². The molecule has 6 heteroatoms. The molecule has 2 N–H and O–H groups in total. The lowest BCUT2D eigenvalue weighted by molar-refractivity contribution is -0.128. The summed E-state index contributed by atoms with van der Waals surface area (Å²) in [4.78, 5) is 27.1. The van der Waals surface area contributed by atoms with E-state index >= 15 is 0 Å². The van der Waals surface area contributed by atoms with Gasteiger partial charge in [-0.15, -0.1) is 0 Å². The first-order valence-electron chi connectivity index (χ1n) is 9.80. The predicted molar refractivity (Wildman–Crippen MR) is 103 cm³/mol. The number of piperidine rings is 1. The summed E-state index contributed by atoms with van der Waals surface area (Å²) < 4.78 is 5.52. The van der Waals surface area contributed by atoms with Crippen molar-refractivity contribution in [2.45, 2.75) is 56.5 Å². The van der Waals surface area contributed by atoms with Crippen LogP contribution in [0.5, 0.6) is 5.75 Å². The fraction of sp³-hybridized carbons (Fsp3) is 0.619. The highest BCUT2D eigenvalue weighted by Crippen LogP contribution is 2.55. The number of ether oxygens (including phenoxy) is 1. The molecule has 0 aromatic heterocycles. The predicted octanol–water partition coefficient (Wildman–Crippen LogP) is 2.34. The molecule has 0 radical (unpaired) electrons. The highest BCUT2D eigenvalue weighted by Gasteiger charge is 2.60. The van der Waals surface area contributed by atoms with Crippen molar-refractivity contribution in [2.24, 2.45) is 5.92 Å². The number of amides is 3. The molecule has 2 heterocycles. The van der Waals surface area contributed by atoms with Crippen LogP contribution in [-0.2, 0) is 10.2 Å². The normalized spacial score (nSPS) is 36.3. The Hall–Kier alpha value is -2.08. The number of likely N-dealkylation sites (tertiary alicyclic amines) is 1. The number of benzene rings is 1. The van der Waals surface area contributed by atoms with E-state index in [1.807, 2.05) is 6.07 Å². The largest absolute Gasteiger partial charge is 0.497 e. The highest BCUT2D eigenvalue weighted by atomic mass is 16.5. The maximum absolute atomic E-state index is 12.7. The molecule has 3 aliphatic rings. The Morgan fingerprint density at radius 1 is 1.26 bits per heavy atom. The second-order valence-electron chi connectivity index (χ2n) is 8.62. The molecule has 0 unspecified atom stereocenters. The Labute approximate surface area is 160 Å². The van der Waals surface area contributed by atoms with Crippen molar-refractivity contribution in [3.05, 3.63) is 29.3 Å². The fourth-order valence-corrected chi connectivity index (χ4v) is 5.82. The first-order valence-corrected chi connectivity index (χ1v) is 9.80. The van der Waals surface area contributed by atoms with Gasteiger partial charge in [-0.25, -0.2) is 4.79 Å². The molecule has 1 aromatic carbocycles. The number of imide groups is 1. The summed E-state index contributed by atoms with van der Waals surface area (Å²) in [5, 5.41) is 5.45. The number of fused-ring (bicyclic) bond motifs is 1. The van der Waals surface area contributed by atoms with Gasteiger partial charge in [0.05, 0.1) is 7.11 Å². The van der Waals surface area contributed by atoms with Gasteiger partial charge in [0, 0.05) is 11.5 Å². The van der Waals surface area contributed by atoms with Crippen LogP contribution in [-0.4, -0.2) is 49.1 Å². The highest BCUT2D eigenvalue weighted by molar-refractivity contribution is 6.07. The molecule has 3 fully saturated rings. The number of hydrogen-bond acceptors (Lipinski definition) is 4.